The van der Waals surface area contributed by atoms with Gasteiger partial charge in [0.05, 0.1) is 5.69 Å². The zero-order valence-corrected chi connectivity index (χ0v) is 18.0. The standard InChI is InChI=1S/C22H33ClN4/c1-17-8-5-6-10-20(17)11-13-27-12-7-9-19(15-27)14-25(3)16-21-18(2)24-26(4)22(21)23/h5-6,8,10,19H,7,9,11-16H2,1-4H3. The molecular formula is C22H33ClN4. The van der Waals surface area contributed by atoms with Gasteiger partial charge in [0.15, 0.2) is 0 Å². The van der Waals surface area contributed by atoms with Crippen LogP contribution in [0.2, 0.25) is 5.15 Å². The van der Waals surface area contributed by atoms with Crippen LogP contribution >= 0.6 is 11.6 Å². The summed E-state index contributed by atoms with van der Waals surface area (Å²) in [6.45, 7) is 9.86. The largest absolute Gasteiger partial charge is 0.303 e. The molecule has 1 atom stereocenters. The zero-order chi connectivity index (χ0) is 19.4. The molecule has 0 N–H and O–H groups in total. The highest BCUT2D eigenvalue weighted by molar-refractivity contribution is 6.30. The third-order valence-electron chi connectivity index (χ3n) is 5.83. The Morgan fingerprint density at radius 3 is 2.74 bits per heavy atom. The molecule has 27 heavy (non-hydrogen) atoms. The minimum atomic E-state index is 0.733. The van der Waals surface area contributed by atoms with Gasteiger partial charge in [0.25, 0.3) is 0 Å². The molecule has 148 valence electrons. The number of benzene rings is 1. The molecule has 1 aromatic heterocycles. The number of likely N-dealkylation sites (tertiary alicyclic amines) is 1. The summed E-state index contributed by atoms with van der Waals surface area (Å²) in [4.78, 5) is 5.06. The molecule has 1 aromatic carbocycles. The van der Waals surface area contributed by atoms with Crippen LogP contribution in [0.4, 0.5) is 0 Å². The first-order chi connectivity index (χ1) is 12.9. The third kappa shape index (κ3) is 5.34. The third-order valence-corrected chi connectivity index (χ3v) is 6.30. The molecule has 1 aliphatic heterocycles. The summed E-state index contributed by atoms with van der Waals surface area (Å²) in [5, 5.41) is 5.20. The molecule has 0 saturated carbocycles. The Bertz CT molecular complexity index is 755. The molecule has 2 heterocycles. The summed E-state index contributed by atoms with van der Waals surface area (Å²) in [5.41, 5.74) is 5.10. The number of hydrogen-bond donors (Lipinski definition) is 0. The lowest BCUT2D eigenvalue weighted by molar-refractivity contribution is 0.142. The van der Waals surface area contributed by atoms with E-state index in [1.165, 1.54) is 43.6 Å². The van der Waals surface area contributed by atoms with Crippen LogP contribution in [0.5, 0.6) is 0 Å². The van der Waals surface area contributed by atoms with E-state index >= 15 is 0 Å². The lowest BCUT2D eigenvalue weighted by Crippen LogP contribution is -2.40. The second-order valence-corrected chi connectivity index (χ2v) is 8.52. The van der Waals surface area contributed by atoms with Crippen molar-refractivity contribution in [3.05, 3.63) is 51.8 Å². The fourth-order valence-electron chi connectivity index (χ4n) is 4.30. The minimum absolute atomic E-state index is 0.733. The van der Waals surface area contributed by atoms with Crippen molar-refractivity contribution in [3.63, 3.8) is 0 Å². The monoisotopic (exact) mass is 388 g/mol. The molecule has 4 nitrogen and oxygen atoms in total. The van der Waals surface area contributed by atoms with Crippen LogP contribution in [-0.2, 0) is 20.0 Å². The van der Waals surface area contributed by atoms with Crippen LogP contribution in [0.1, 0.15) is 35.2 Å². The quantitative estimate of drug-likeness (QED) is 0.714. The lowest BCUT2D eigenvalue weighted by atomic mass is 9.96. The first-order valence-corrected chi connectivity index (χ1v) is 10.4. The molecule has 0 bridgehead atoms. The van der Waals surface area contributed by atoms with Crippen LogP contribution in [0, 0.1) is 19.8 Å². The number of aromatic nitrogens is 2. The SMILES string of the molecule is Cc1ccccc1CCN1CCCC(CN(C)Cc2c(C)nn(C)c2Cl)C1. The van der Waals surface area contributed by atoms with Crippen molar-refractivity contribution in [3.8, 4) is 0 Å². The van der Waals surface area contributed by atoms with E-state index in [2.05, 4.69) is 53.1 Å². The molecule has 0 radical (unpaired) electrons. The van der Waals surface area contributed by atoms with Gasteiger partial charge in [-0.25, -0.2) is 0 Å². The molecule has 1 aliphatic rings. The predicted octanol–water partition coefficient (Wildman–Crippen LogP) is 4.08. The van der Waals surface area contributed by atoms with Gasteiger partial charge < -0.3 is 9.80 Å². The van der Waals surface area contributed by atoms with Gasteiger partial charge >= 0.3 is 0 Å². The van der Waals surface area contributed by atoms with Crippen molar-refractivity contribution >= 4 is 11.6 Å². The molecule has 0 amide bonds. The maximum absolute atomic E-state index is 6.40. The van der Waals surface area contributed by atoms with Gasteiger partial charge in [-0.1, -0.05) is 35.9 Å². The van der Waals surface area contributed by atoms with Gasteiger partial charge in [0, 0.05) is 38.8 Å². The van der Waals surface area contributed by atoms with Crippen molar-refractivity contribution in [1.82, 2.24) is 19.6 Å². The Morgan fingerprint density at radius 1 is 1.26 bits per heavy atom. The molecular weight excluding hydrogens is 356 g/mol. The van der Waals surface area contributed by atoms with Crippen LogP contribution < -0.4 is 0 Å². The molecule has 1 unspecified atom stereocenters. The van der Waals surface area contributed by atoms with E-state index in [-0.39, 0.29) is 0 Å². The van der Waals surface area contributed by atoms with E-state index in [0.717, 1.165) is 41.8 Å². The normalized spacial score (nSPS) is 18.4. The van der Waals surface area contributed by atoms with Crippen LogP contribution in [0.15, 0.2) is 24.3 Å². The number of rotatable bonds is 7. The molecule has 1 fully saturated rings. The van der Waals surface area contributed by atoms with E-state index in [0.29, 0.717) is 0 Å². The van der Waals surface area contributed by atoms with Gasteiger partial charge in [-0.3, -0.25) is 4.68 Å². The summed E-state index contributed by atoms with van der Waals surface area (Å²) >= 11 is 6.40. The highest BCUT2D eigenvalue weighted by atomic mass is 35.5. The van der Waals surface area contributed by atoms with Gasteiger partial charge in [-0.2, -0.15) is 5.10 Å². The van der Waals surface area contributed by atoms with Gasteiger partial charge in [-0.15, -0.1) is 0 Å². The van der Waals surface area contributed by atoms with Crippen molar-refractivity contribution in [1.29, 1.82) is 0 Å². The zero-order valence-electron chi connectivity index (χ0n) is 17.2. The van der Waals surface area contributed by atoms with Crippen LogP contribution in [0.3, 0.4) is 0 Å². The van der Waals surface area contributed by atoms with Crippen LogP contribution in [0.25, 0.3) is 0 Å². The molecule has 0 aliphatic carbocycles. The fourth-order valence-corrected chi connectivity index (χ4v) is 4.54. The Kier molecular flexibility index (Phi) is 6.96. The summed E-state index contributed by atoms with van der Waals surface area (Å²) in [5.74, 6) is 0.733. The summed E-state index contributed by atoms with van der Waals surface area (Å²) in [6.07, 6.45) is 3.78. The number of aryl methyl sites for hydroxylation is 3. The predicted molar refractivity (Wildman–Crippen MR) is 113 cm³/mol. The number of piperidine rings is 1. The van der Waals surface area contributed by atoms with Crippen molar-refractivity contribution in [2.75, 3.05) is 33.2 Å². The molecule has 3 rings (SSSR count). The first kappa shape index (κ1) is 20.4. The smallest absolute Gasteiger partial charge is 0.131 e. The molecule has 5 heteroatoms. The van der Waals surface area contributed by atoms with E-state index in [1.807, 2.05) is 14.0 Å². The number of halogens is 1. The average Bonchev–Trinajstić information content (AvgIpc) is 2.87. The van der Waals surface area contributed by atoms with Crippen molar-refractivity contribution < 1.29 is 0 Å². The molecule has 1 saturated heterocycles. The Balaban J connectivity index is 1.49. The van der Waals surface area contributed by atoms with Gasteiger partial charge in [0.2, 0.25) is 0 Å². The van der Waals surface area contributed by atoms with E-state index in [9.17, 15) is 0 Å². The topological polar surface area (TPSA) is 24.3 Å². The highest BCUT2D eigenvalue weighted by Gasteiger charge is 2.22. The van der Waals surface area contributed by atoms with E-state index in [1.54, 1.807) is 4.68 Å². The average molecular weight is 389 g/mol. The van der Waals surface area contributed by atoms with Gasteiger partial charge in [0.1, 0.15) is 5.15 Å². The second-order valence-electron chi connectivity index (χ2n) is 8.16. The molecule has 0 spiro atoms. The van der Waals surface area contributed by atoms with Gasteiger partial charge in [-0.05, 0) is 63.7 Å². The van der Waals surface area contributed by atoms with Crippen molar-refractivity contribution in [2.45, 2.75) is 39.7 Å². The summed E-state index contributed by atoms with van der Waals surface area (Å²) < 4.78 is 1.77. The first-order valence-electron chi connectivity index (χ1n) is 10.1. The Labute approximate surface area is 169 Å². The number of hydrogen-bond acceptors (Lipinski definition) is 3. The Morgan fingerprint density at radius 2 is 2.04 bits per heavy atom. The van der Waals surface area contributed by atoms with E-state index < -0.39 is 0 Å². The summed E-state index contributed by atoms with van der Waals surface area (Å²) in [6, 6.07) is 8.77. The molecule has 2 aromatic rings. The van der Waals surface area contributed by atoms with Crippen LogP contribution in [-0.4, -0.2) is 52.8 Å². The second kappa shape index (κ2) is 9.22. The lowest BCUT2D eigenvalue weighted by Gasteiger charge is -2.35. The van der Waals surface area contributed by atoms with Crippen molar-refractivity contribution in [2.24, 2.45) is 13.0 Å². The minimum Gasteiger partial charge on any atom is -0.303 e. The Hall–Kier alpha value is -1.36. The fraction of sp³-hybridized carbons (Fsp3) is 0.591. The maximum atomic E-state index is 6.40. The highest BCUT2D eigenvalue weighted by Crippen LogP contribution is 2.22. The maximum Gasteiger partial charge on any atom is 0.131 e. The van der Waals surface area contributed by atoms with E-state index in [4.69, 9.17) is 11.6 Å². The number of nitrogens with zero attached hydrogens (tertiary/aromatic N) is 4. The summed E-state index contributed by atoms with van der Waals surface area (Å²) in [7, 11) is 4.11.